The Morgan fingerprint density at radius 1 is 1.17 bits per heavy atom. The number of aromatic nitrogens is 4. The van der Waals surface area contributed by atoms with E-state index >= 15 is 0 Å². The molecule has 16 heteroatoms. The maximum atomic E-state index is 12.7. The van der Waals surface area contributed by atoms with Crippen molar-refractivity contribution < 1.29 is 42.2 Å². The number of hydrogen-bond donors (Lipinski definition) is 1. The Bertz CT molecular complexity index is 1440. The van der Waals surface area contributed by atoms with Gasteiger partial charge in [-0.3, -0.25) is 14.9 Å². The second-order valence-electron chi connectivity index (χ2n) is 9.93. The molecule has 0 spiro atoms. The third-order valence-corrected chi connectivity index (χ3v) is 5.87. The SMILES string of the molecule is COC(CCn1cnc2c(NC(=O)OC(C)(C)CC(=O)OCc3oc(=O)oc3C)nc(Cl)nc21)COC(=O)C(C)C. The fraction of sp³-hybridized carbons (Fsp3) is 0.560. The molecule has 0 saturated heterocycles. The van der Waals surface area contributed by atoms with Crippen molar-refractivity contribution in [3.05, 3.63) is 33.7 Å². The molecule has 0 aliphatic heterocycles. The van der Waals surface area contributed by atoms with Crippen LogP contribution in [0.5, 0.6) is 0 Å². The maximum Gasteiger partial charge on any atom is 0.519 e. The normalized spacial score (nSPS) is 12.4. The molecule has 1 atom stereocenters. The fourth-order valence-corrected chi connectivity index (χ4v) is 3.69. The molecule has 41 heavy (non-hydrogen) atoms. The van der Waals surface area contributed by atoms with E-state index in [0.29, 0.717) is 18.6 Å². The molecule has 1 amide bonds. The number of carbonyl (C=O) groups is 3. The zero-order valence-corrected chi connectivity index (χ0v) is 24.3. The number of hydrogen-bond acceptors (Lipinski definition) is 13. The predicted molar refractivity (Wildman–Crippen MR) is 142 cm³/mol. The monoisotopic (exact) mass is 597 g/mol. The van der Waals surface area contributed by atoms with Crippen LogP contribution in [0.15, 0.2) is 20.0 Å². The van der Waals surface area contributed by atoms with Crippen molar-refractivity contribution in [2.75, 3.05) is 19.0 Å². The number of imidazole rings is 1. The first-order valence-corrected chi connectivity index (χ1v) is 13.0. The number of fused-ring (bicyclic) bond motifs is 1. The summed E-state index contributed by atoms with van der Waals surface area (Å²) in [6.45, 7) is 8.18. The summed E-state index contributed by atoms with van der Waals surface area (Å²) >= 11 is 6.11. The van der Waals surface area contributed by atoms with Crippen LogP contribution in [0.2, 0.25) is 5.28 Å². The Kier molecular flexibility index (Phi) is 10.5. The van der Waals surface area contributed by atoms with Gasteiger partial charge in [-0.05, 0) is 38.8 Å². The van der Waals surface area contributed by atoms with E-state index in [4.69, 9.17) is 39.4 Å². The van der Waals surface area contributed by atoms with Gasteiger partial charge >= 0.3 is 23.9 Å². The summed E-state index contributed by atoms with van der Waals surface area (Å²) in [6.07, 6.45) is 0.385. The van der Waals surface area contributed by atoms with Gasteiger partial charge in [0.25, 0.3) is 0 Å². The van der Waals surface area contributed by atoms with E-state index in [1.807, 2.05) is 0 Å². The third-order valence-electron chi connectivity index (χ3n) is 5.70. The van der Waals surface area contributed by atoms with Crippen molar-refractivity contribution in [3.8, 4) is 0 Å². The van der Waals surface area contributed by atoms with Crippen molar-refractivity contribution >= 4 is 46.6 Å². The minimum absolute atomic E-state index is 0.00161. The summed E-state index contributed by atoms with van der Waals surface area (Å²) in [5.41, 5.74) is -0.684. The van der Waals surface area contributed by atoms with Crippen LogP contribution >= 0.6 is 11.6 Å². The number of amides is 1. The maximum absolute atomic E-state index is 12.7. The lowest BCUT2D eigenvalue weighted by molar-refractivity contribution is -0.151. The number of esters is 2. The van der Waals surface area contributed by atoms with Gasteiger partial charge < -0.3 is 32.3 Å². The number of carbonyl (C=O) groups excluding carboxylic acids is 3. The molecule has 3 heterocycles. The highest BCUT2D eigenvalue weighted by Crippen LogP contribution is 2.23. The molecule has 3 aromatic heterocycles. The Labute approximate surface area is 239 Å². The summed E-state index contributed by atoms with van der Waals surface area (Å²) in [5.74, 6) is -1.89. The number of aryl methyl sites for hydroxylation is 2. The van der Waals surface area contributed by atoms with E-state index in [9.17, 15) is 19.2 Å². The van der Waals surface area contributed by atoms with Crippen LogP contribution in [0.1, 0.15) is 52.1 Å². The number of rotatable bonds is 13. The van der Waals surface area contributed by atoms with Gasteiger partial charge in [0.05, 0.1) is 24.8 Å². The molecule has 224 valence electrons. The smallest absolute Gasteiger partial charge is 0.463 e. The van der Waals surface area contributed by atoms with Crippen LogP contribution in [0.4, 0.5) is 10.6 Å². The second-order valence-corrected chi connectivity index (χ2v) is 10.3. The Morgan fingerprint density at radius 3 is 2.54 bits per heavy atom. The van der Waals surface area contributed by atoms with E-state index in [2.05, 4.69) is 20.3 Å². The molecule has 15 nitrogen and oxygen atoms in total. The average molecular weight is 598 g/mol. The van der Waals surface area contributed by atoms with E-state index in [1.165, 1.54) is 34.2 Å². The number of methoxy groups -OCH3 is 1. The molecule has 1 unspecified atom stereocenters. The largest absolute Gasteiger partial charge is 0.519 e. The Morgan fingerprint density at radius 2 is 1.90 bits per heavy atom. The molecule has 1 N–H and O–H groups in total. The van der Waals surface area contributed by atoms with E-state index in [-0.39, 0.29) is 65.8 Å². The quantitative estimate of drug-likeness (QED) is 0.172. The summed E-state index contributed by atoms with van der Waals surface area (Å²) in [7, 11) is 1.52. The van der Waals surface area contributed by atoms with Gasteiger partial charge in [-0.1, -0.05) is 13.8 Å². The topological polar surface area (TPSA) is 187 Å². The van der Waals surface area contributed by atoms with Gasteiger partial charge in [0.15, 0.2) is 35.1 Å². The summed E-state index contributed by atoms with van der Waals surface area (Å²) < 4.78 is 32.4. The van der Waals surface area contributed by atoms with Gasteiger partial charge in [0.2, 0.25) is 5.28 Å². The third kappa shape index (κ3) is 9.01. The van der Waals surface area contributed by atoms with Crippen molar-refractivity contribution in [3.63, 3.8) is 0 Å². The van der Waals surface area contributed by atoms with Crippen molar-refractivity contribution in [2.24, 2.45) is 5.92 Å². The van der Waals surface area contributed by atoms with Gasteiger partial charge in [0.1, 0.15) is 12.2 Å². The van der Waals surface area contributed by atoms with Gasteiger partial charge in [-0.25, -0.2) is 14.6 Å². The van der Waals surface area contributed by atoms with E-state index < -0.39 is 23.5 Å². The molecule has 0 aliphatic carbocycles. The molecule has 3 rings (SSSR count). The molecule has 0 fully saturated rings. The molecular formula is C25H32ClN5O10. The van der Waals surface area contributed by atoms with Crippen LogP contribution < -0.4 is 11.1 Å². The molecule has 0 radical (unpaired) electrons. The summed E-state index contributed by atoms with van der Waals surface area (Å²) in [6, 6.07) is 0. The summed E-state index contributed by atoms with van der Waals surface area (Å²) in [5, 5.41) is 2.34. The Hall–Kier alpha value is -3.98. The molecule has 0 bridgehead atoms. The minimum Gasteiger partial charge on any atom is -0.463 e. The van der Waals surface area contributed by atoms with Crippen LogP contribution in [0.25, 0.3) is 11.2 Å². The highest BCUT2D eigenvalue weighted by Gasteiger charge is 2.29. The van der Waals surface area contributed by atoms with Crippen LogP contribution in [-0.4, -0.2) is 63.0 Å². The highest BCUT2D eigenvalue weighted by molar-refractivity contribution is 6.28. The molecular weight excluding hydrogens is 566 g/mol. The number of nitrogens with zero attached hydrogens (tertiary/aromatic N) is 4. The molecule has 0 saturated carbocycles. The lowest BCUT2D eigenvalue weighted by Gasteiger charge is -2.24. The highest BCUT2D eigenvalue weighted by atomic mass is 35.5. The van der Waals surface area contributed by atoms with Crippen molar-refractivity contribution in [2.45, 2.75) is 72.3 Å². The zero-order chi connectivity index (χ0) is 30.3. The van der Waals surface area contributed by atoms with E-state index in [1.54, 1.807) is 18.4 Å². The van der Waals surface area contributed by atoms with Crippen LogP contribution in [0, 0.1) is 12.8 Å². The first-order valence-electron chi connectivity index (χ1n) is 12.6. The van der Waals surface area contributed by atoms with E-state index in [0.717, 1.165) is 0 Å². The standard InChI is InChI=1S/C25H32ClN5O10/c1-13(2)21(33)38-10-15(36-6)7-8-31-12-27-18-19(28-22(26)30-20(18)31)29-23(34)41-25(4,5)9-17(32)37-11-16-14(3)39-24(35)40-16/h12-13,15H,7-11H2,1-6H3,(H,28,29,30,34). The molecule has 0 aromatic carbocycles. The molecule has 3 aromatic rings. The lowest BCUT2D eigenvalue weighted by Crippen LogP contribution is -2.33. The van der Waals surface area contributed by atoms with Crippen molar-refractivity contribution in [1.82, 2.24) is 19.5 Å². The number of ether oxygens (including phenoxy) is 4. The zero-order valence-electron chi connectivity index (χ0n) is 23.5. The van der Waals surface area contributed by atoms with Crippen molar-refractivity contribution in [1.29, 1.82) is 0 Å². The van der Waals surface area contributed by atoms with Gasteiger partial charge in [-0.2, -0.15) is 9.97 Å². The predicted octanol–water partition coefficient (Wildman–Crippen LogP) is 3.40. The molecule has 0 aliphatic rings. The van der Waals surface area contributed by atoms with Gasteiger partial charge in [-0.15, -0.1) is 0 Å². The number of nitrogens with one attached hydrogen (secondary N) is 1. The fourth-order valence-electron chi connectivity index (χ4n) is 3.52. The number of anilines is 1. The lowest BCUT2D eigenvalue weighted by atomic mass is 10.1. The van der Waals surface area contributed by atoms with Crippen LogP contribution in [-0.2, 0) is 41.7 Å². The number of halogens is 1. The minimum atomic E-state index is -1.28. The Balaban J connectivity index is 1.60. The van der Waals surface area contributed by atoms with Gasteiger partial charge in [0, 0.05) is 13.7 Å². The first-order chi connectivity index (χ1) is 19.3. The van der Waals surface area contributed by atoms with Crippen LogP contribution in [0.3, 0.4) is 0 Å². The summed E-state index contributed by atoms with van der Waals surface area (Å²) in [4.78, 5) is 60.4. The second kappa shape index (κ2) is 13.6. The average Bonchev–Trinajstić information content (AvgIpc) is 3.43. The first kappa shape index (κ1) is 31.5.